The van der Waals surface area contributed by atoms with E-state index in [1.165, 1.54) is 18.3 Å². The molecule has 2 aromatic rings. The Morgan fingerprint density at radius 1 is 1.46 bits per heavy atom. The Kier molecular flexibility index (Phi) is 1.90. The molecule has 5 heteroatoms. The van der Waals surface area contributed by atoms with Crippen molar-refractivity contribution in [2.75, 3.05) is 0 Å². The third kappa shape index (κ3) is 1.26. The molecule has 0 amide bonds. The van der Waals surface area contributed by atoms with Crippen LogP contribution in [0.15, 0.2) is 29.3 Å². The summed E-state index contributed by atoms with van der Waals surface area (Å²) in [5, 5.41) is 0.184. The van der Waals surface area contributed by atoms with Gasteiger partial charge < -0.3 is 9.54 Å². The van der Waals surface area contributed by atoms with Crippen molar-refractivity contribution in [2.24, 2.45) is 0 Å². The first-order valence-electron chi connectivity index (χ1n) is 3.56. The van der Waals surface area contributed by atoms with Crippen molar-refractivity contribution >= 4 is 22.0 Å². The minimum absolute atomic E-state index is 0.0769. The van der Waals surface area contributed by atoms with Crippen LogP contribution in [-0.4, -0.2) is 13.7 Å². The lowest BCUT2D eigenvalue weighted by molar-refractivity contribution is 0.564. The van der Waals surface area contributed by atoms with Crippen molar-refractivity contribution in [1.82, 2.24) is 4.98 Å². The molecule has 0 saturated carbocycles. The summed E-state index contributed by atoms with van der Waals surface area (Å²) in [6.45, 7) is 0. The molecule has 0 aliphatic carbocycles. The highest BCUT2D eigenvalue weighted by atomic mass is 32.2. The van der Waals surface area contributed by atoms with Crippen LogP contribution in [0.1, 0.15) is 0 Å². The Hall–Kier alpha value is -1.20. The quantitative estimate of drug-likeness (QED) is 0.689. The van der Waals surface area contributed by atoms with Gasteiger partial charge in [-0.3, -0.25) is 0 Å². The average Bonchev–Trinajstić information content (AvgIpc) is 2.49. The van der Waals surface area contributed by atoms with Gasteiger partial charge in [-0.25, -0.2) is 8.60 Å². The number of hydrogen-bond donors (Lipinski definition) is 2. The van der Waals surface area contributed by atoms with Gasteiger partial charge in [-0.2, -0.15) is 0 Å². The second-order valence-electron chi connectivity index (χ2n) is 2.56. The summed E-state index contributed by atoms with van der Waals surface area (Å²) in [6.07, 6.45) is 1.34. The molecule has 2 rings (SSSR count). The molecule has 1 unspecified atom stereocenters. The molecule has 13 heavy (non-hydrogen) atoms. The van der Waals surface area contributed by atoms with Gasteiger partial charge >= 0.3 is 0 Å². The third-order valence-corrected chi connectivity index (χ3v) is 2.51. The Balaban J connectivity index is 2.86. The predicted molar refractivity (Wildman–Crippen MR) is 47.3 cm³/mol. The molecule has 1 aromatic heterocycles. The van der Waals surface area contributed by atoms with Gasteiger partial charge in [0.25, 0.3) is 0 Å². The lowest BCUT2D eigenvalue weighted by Crippen LogP contribution is -1.87. The van der Waals surface area contributed by atoms with Gasteiger partial charge in [0.05, 0.1) is 10.3 Å². The molecule has 1 atom stereocenters. The fourth-order valence-electron chi connectivity index (χ4n) is 1.25. The Morgan fingerprint density at radius 3 is 2.92 bits per heavy atom. The topological polar surface area (TPSA) is 53.1 Å². The van der Waals surface area contributed by atoms with Crippen LogP contribution in [0.2, 0.25) is 0 Å². The number of hydrogen-bond acceptors (Lipinski definition) is 1. The van der Waals surface area contributed by atoms with Gasteiger partial charge in [0.15, 0.2) is 11.1 Å². The fraction of sp³-hybridized carbons (Fsp3) is 0. The summed E-state index contributed by atoms with van der Waals surface area (Å²) in [4.78, 5) is 2.79. The van der Waals surface area contributed by atoms with Crippen LogP contribution in [0.5, 0.6) is 0 Å². The Bertz CT molecular complexity index is 480. The molecular formula is C8H6FNO2S. The molecule has 0 aliphatic rings. The first kappa shape index (κ1) is 8.40. The molecular weight excluding hydrogens is 193 g/mol. The fourth-order valence-corrected chi connectivity index (χ4v) is 1.79. The number of rotatable bonds is 1. The smallest absolute Gasteiger partial charge is 0.188 e. The van der Waals surface area contributed by atoms with Gasteiger partial charge in [-0.15, -0.1) is 0 Å². The van der Waals surface area contributed by atoms with E-state index in [-0.39, 0.29) is 10.3 Å². The second-order valence-corrected chi connectivity index (χ2v) is 3.50. The summed E-state index contributed by atoms with van der Waals surface area (Å²) >= 11 is -2.15. The van der Waals surface area contributed by atoms with Crippen LogP contribution in [0.25, 0.3) is 10.9 Å². The van der Waals surface area contributed by atoms with E-state index in [0.29, 0.717) is 5.52 Å². The summed E-state index contributed by atoms with van der Waals surface area (Å²) in [6, 6.07) is 4.44. The average molecular weight is 199 g/mol. The number of halogens is 1. The lowest BCUT2D eigenvalue weighted by atomic mass is 10.2. The van der Waals surface area contributed by atoms with E-state index in [1.54, 1.807) is 6.07 Å². The number of nitrogens with one attached hydrogen (secondary N) is 1. The number of aromatic nitrogens is 1. The number of fused-ring (bicyclic) bond motifs is 1. The number of H-pyrrole nitrogens is 1. The van der Waals surface area contributed by atoms with Crippen LogP contribution < -0.4 is 0 Å². The lowest BCUT2D eigenvalue weighted by Gasteiger charge is -1.93. The van der Waals surface area contributed by atoms with E-state index >= 15 is 0 Å². The maximum Gasteiger partial charge on any atom is 0.188 e. The molecule has 0 bridgehead atoms. The Morgan fingerprint density at radius 2 is 2.23 bits per heavy atom. The first-order valence-corrected chi connectivity index (χ1v) is 4.67. The van der Waals surface area contributed by atoms with Gasteiger partial charge in [-0.05, 0) is 12.1 Å². The van der Waals surface area contributed by atoms with Gasteiger partial charge in [0, 0.05) is 11.7 Å². The molecule has 1 aromatic carbocycles. The monoisotopic (exact) mass is 199 g/mol. The third-order valence-electron chi connectivity index (χ3n) is 1.81. The summed E-state index contributed by atoms with van der Waals surface area (Å²) < 4.78 is 32.7. The molecule has 68 valence electrons. The van der Waals surface area contributed by atoms with Crippen molar-refractivity contribution in [3.8, 4) is 0 Å². The van der Waals surface area contributed by atoms with E-state index in [2.05, 4.69) is 4.98 Å². The van der Waals surface area contributed by atoms with Gasteiger partial charge in [-0.1, -0.05) is 6.07 Å². The first-order chi connectivity index (χ1) is 6.20. The second kappa shape index (κ2) is 2.93. The van der Waals surface area contributed by atoms with Crippen molar-refractivity contribution in [3.63, 3.8) is 0 Å². The largest absolute Gasteiger partial charge is 0.360 e. The Labute approximate surface area is 75.9 Å². The molecule has 1 heterocycles. The molecule has 0 fully saturated rings. The van der Waals surface area contributed by atoms with Gasteiger partial charge in [0.2, 0.25) is 0 Å². The van der Waals surface area contributed by atoms with E-state index < -0.39 is 16.9 Å². The number of aromatic amines is 1. The van der Waals surface area contributed by atoms with Crippen molar-refractivity contribution in [2.45, 2.75) is 4.90 Å². The van der Waals surface area contributed by atoms with Crippen LogP contribution in [0.3, 0.4) is 0 Å². The molecule has 2 N–H and O–H groups in total. The van der Waals surface area contributed by atoms with Crippen molar-refractivity contribution in [1.29, 1.82) is 0 Å². The highest BCUT2D eigenvalue weighted by Crippen LogP contribution is 2.23. The normalized spacial score (nSPS) is 13.4. The zero-order valence-corrected chi connectivity index (χ0v) is 7.27. The summed E-state index contributed by atoms with van der Waals surface area (Å²) in [5.41, 5.74) is 0.525. The predicted octanol–water partition coefficient (Wildman–Crippen LogP) is 1.89. The zero-order chi connectivity index (χ0) is 9.42. The number of benzene rings is 1. The molecule has 0 spiro atoms. The van der Waals surface area contributed by atoms with Crippen LogP contribution in [0, 0.1) is 5.82 Å². The van der Waals surface area contributed by atoms with Crippen LogP contribution >= 0.6 is 0 Å². The highest BCUT2D eigenvalue weighted by Gasteiger charge is 2.11. The van der Waals surface area contributed by atoms with E-state index in [9.17, 15) is 8.60 Å². The standard InChI is InChI=1S/C8H6FNO2S/c9-5-2-1-3-6-8(5)7(4-10-6)13(11)12/h1-4,10H,(H,11,12). The van der Waals surface area contributed by atoms with E-state index in [0.717, 1.165) is 0 Å². The summed E-state index contributed by atoms with van der Waals surface area (Å²) in [5.74, 6) is -0.490. The minimum Gasteiger partial charge on any atom is -0.360 e. The van der Waals surface area contributed by atoms with E-state index in [1.807, 2.05) is 0 Å². The maximum atomic E-state index is 13.2. The molecule has 0 saturated heterocycles. The molecule has 3 nitrogen and oxygen atoms in total. The van der Waals surface area contributed by atoms with E-state index in [4.69, 9.17) is 4.55 Å². The van der Waals surface area contributed by atoms with Crippen LogP contribution in [0.4, 0.5) is 4.39 Å². The van der Waals surface area contributed by atoms with Crippen LogP contribution in [-0.2, 0) is 11.1 Å². The SMILES string of the molecule is O=S(O)c1c[nH]c2cccc(F)c12. The van der Waals surface area contributed by atoms with Crippen molar-refractivity contribution < 1.29 is 13.2 Å². The minimum atomic E-state index is -2.15. The summed E-state index contributed by atoms with van der Waals surface area (Å²) in [7, 11) is 0. The highest BCUT2D eigenvalue weighted by molar-refractivity contribution is 7.79. The molecule has 0 radical (unpaired) electrons. The van der Waals surface area contributed by atoms with Crippen molar-refractivity contribution in [3.05, 3.63) is 30.2 Å². The molecule has 0 aliphatic heterocycles. The maximum absolute atomic E-state index is 13.2. The van der Waals surface area contributed by atoms with Gasteiger partial charge in [0.1, 0.15) is 5.82 Å². The zero-order valence-electron chi connectivity index (χ0n) is 6.45.